The Bertz CT molecular complexity index is 44.3. The van der Waals surface area contributed by atoms with E-state index in [1.807, 2.05) is 0 Å². The van der Waals surface area contributed by atoms with Crippen molar-refractivity contribution in [2.45, 2.75) is 23.3 Å². The van der Waals surface area contributed by atoms with E-state index < -0.39 is 0 Å². The second kappa shape index (κ2) is 8.48. The standard InChI is InChI=1S/C6H15AsO2/c8-5-1-3-7-4-2-6-9/h7-9H,1-6H2. The molecule has 0 aromatic rings. The van der Waals surface area contributed by atoms with Crippen molar-refractivity contribution in [3.8, 4) is 0 Å². The van der Waals surface area contributed by atoms with Crippen molar-refractivity contribution in [3.05, 3.63) is 0 Å². The Morgan fingerprint density at radius 3 is 1.67 bits per heavy atom. The van der Waals surface area contributed by atoms with E-state index in [2.05, 4.69) is 0 Å². The molecule has 0 unspecified atom stereocenters. The summed E-state index contributed by atoms with van der Waals surface area (Å²) < 4.78 is 0. The minimum atomic E-state index is 0.176. The van der Waals surface area contributed by atoms with Crippen molar-refractivity contribution in [2.24, 2.45) is 0 Å². The number of hydrogen-bond donors (Lipinski definition) is 2. The number of rotatable bonds is 6. The van der Waals surface area contributed by atoms with Gasteiger partial charge in [-0.3, -0.25) is 0 Å². The maximum absolute atomic E-state index is 8.39. The summed E-state index contributed by atoms with van der Waals surface area (Å²) in [6.07, 6.45) is 1.93. The molecule has 0 atom stereocenters. The quantitative estimate of drug-likeness (QED) is 0.462. The Balaban J connectivity index is 2.60. The summed E-state index contributed by atoms with van der Waals surface area (Å²) in [6, 6.07) is 0. The summed E-state index contributed by atoms with van der Waals surface area (Å²) in [5.41, 5.74) is 0. The zero-order chi connectivity index (χ0) is 6.95. The molecule has 2 nitrogen and oxygen atoms in total. The molecule has 0 bridgehead atoms. The molecule has 0 radical (unpaired) electrons. The molecule has 0 aromatic heterocycles. The molecule has 3 heteroatoms. The van der Waals surface area contributed by atoms with E-state index in [0.717, 1.165) is 12.8 Å². The molecular weight excluding hydrogens is 179 g/mol. The first-order valence-electron chi connectivity index (χ1n) is 3.34. The van der Waals surface area contributed by atoms with Gasteiger partial charge in [0, 0.05) is 0 Å². The monoisotopic (exact) mass is 194 g/mol. The molecule has 0 fully saturated rings. The fourth-order valence-corrected chi connectivity index (χ4v) is 2.77. The predicted molar refractivity (Wildman–Crippen MR) is 40.2 cm³/mol. The zero-order valence-electron chi connectivity index (χ0n) is 5.64. The maximum atomic E-state index is 8.39. The molecule has 0 aliphatic rings. The van der Waals surface area contributed by atoms with Gasteiger partial charge in [-0.05, 0) is 0 Å². The van der Waals surface area contributed by atoms with Gasteiger partial charge in [-0.15, -0.1) is 0 Å². The summed E-state index contributed by atoms with van der Waals surface area (Å²) in [5, 5.41) is 19.2. The van der Waals surface area contributed by atoms with Crippen LogP contribution in [0.25, 0.3) is 0 Å². The van der Waals surface area contributed by atoms with Gasteiger partial charge in [-0.2, -0.15) is 0 Å². The predicted octanol–water partition coefficient (Wildman–Crippen LogP) is 0.0243. The van der Waals surface area contributed by atoms with Gasteiger partial charge in [0.1, 0.15) is 0 Å². The summed E-state index contributed by atoms with van der Waals surface area (Å²) >= 11 is 0.176. The molecule has 0 spiro atoms. The molecule has 2 N–H and O–H groups in total. The van der Waals surface area contributed by atoms with Crippen molar-refractivity contribution < 1.29 is 10.2 Å². The molecule has 0 aliphatic heterocycles. The molecule has 9 heavy (non-hydrogen) atoms. The normalized spacial score (nSPS) is 10.0. The molecular formula is C6H15AsO2. The van der Waals surface area contributed by atoms with E-state index in [1.54, 1.807) is 0 Å². The van der Waals surface area contributed by atoms with Crippen LogP contribution in [0.1, 0.15) is 12.8 Å². The van der Waals surface area contributed by atoms with Crippen LogP contribution in [0.3, 0.4) is 0 Å². The number of aliphatic hydroxyl groups excluding tert-OH is 2. The van der Waals surface area contributed by atoms with E-state index in [4.69, 9.17) is 10.2 Å². The van der Waals surface area contributed by atoms with Gasteiger partial charge in [0.25, 0.3) is 0 Å². The van der Waals surface area contributed by atoms with Crippen LogP contribution in [-0.2, 0) is 0 Å². The van der Waals surface area contributed by atoms with E-state index in [0.29, 0.717) is 13.2 Å². The van der Waals surface area contributed by atoms with Gasteiger partial charge >= 0.3 is 62.4 Å². The number of aliphatic hydroxyl groups is 2. The first-order chi connectivity index (χ1) is 4.41. The summed E-state index contributed by atoms with van der Waals surface area (Å²) in [7, 11) is 0. The fraction of sp³-hybridized carbons (Fsp3) is 1.00. The molecule has 56 valence electrons. The number of hydrogen-bond acceptors (Lipinski definition) is 2. The Morgan fingerprint density at radius 2 is 1.33 bits per heavy atom. The van der Waals surface area contributed by atoms with Crippen LogP contribution in [0.4, 0.5) is 0 Å². The Hall–Kier alpha value is 0.478. The molecule has 0 aromatic carbocycles. The van der Waals surface area contributed by atoms with E-state index in [9.17, 15) is 0 Å². The van der Waals surface area contributed by atoms with Crippen LogP contribution in [0.5, 0.6) is 0 Å². The topological polar surface area (TPSA) is 40.5 Å². The van der Waals surface area contributed by atoms with Gasteiger partial charge in [-0.25, -0.2) is 0 Å². The molecule has 0 amide bonds. The van der Waals surface area contributed by atoms with E-state index >= 15 is 0 Å². The Morgan fingerprint density at radius 1 is 0.889 bits per heavy atom. The second-order valence-corrected chi connectivity index (χ2v) is 5.05. The van der Waals surface area contributed by atoms with E-state index in [1.165, 1.54) is 10.4 Å². The molecule has 0 heterocycles. The van der Waals surface area contributed by atoms with Gasteiger partial charge in [0.15, 0.2) is 0 Å². The Labute approximate surface area is 63.0 Å². The Kier molecular flexibility index (Phi) is 8.93. The third-order valence-electron chi connectivity index (χ3n) is 1.02. The molecule has 0 aliphatic carbocycles. The van der Waals surface area contributed by atoms with Gasteiger partial charge in [-0.1, -0.05) is 0 Å². The average Bonchev–Trinajstić information content (AvgIpc) is 1.89. The fourth-order valence-electron chi connectivity index (χ4n) is 0.533. The summed E-state index contributed by atoms with van der Waals surface area (Å²) in [6.45, 7) is 0.672. The van der Waals surface area contributed by atoms with Crippen LogP contribution < -0.4 is 0 Å². The minimum absolute atomic E-state index is 0.176. The van der Waals surface area contributed by atoms with Crippen LogP contribution >= 0.6 is 0 Å². The first kappa shape index (κ1) is 9.48. The van der Waals surface area contributed by atoms with Crippen molar-refractivity contribution in [1.29, 1.82) is 0 Å². The molecule has 0 rings (SSSR count). The first-order valence-corrected chi connectivity index (χ1v) is 6.31. The van der Waals surface area contributed by atoms with Gasteiger partial charge < -0.3 is 0 Å². The SMILES string of the molecule is OCCC[AsH]CCCO. The molecule has 0 saturated heterocycles. The van der Waals surface area contributed by atoms with Crippen LogP contribution in [0.15, 0.2) is 0 Å². The molecule has 0 saturated carbocycles. The van der Waals surface area contributed by atoms with Gasteiger partial charge in [0.05, 0.1) is 0 Å². The van der Waals surface area contributed by atoms with Gasteiger partial charge in [0.2, 0.25) is 0 Å². The van der Waals surface area contributed by atoms with Crippen molar-refractivity contribution in [2.75, 3.05) is 13.2 Å². The second-order valence-electron chi connectivity index (χ2n) is 1.90. The van der Waals surface area contributed by atoms with Crippen molar-refractivity contribution in [1.82, 2.24) is 0 Å². The van der Waals surface area contributed by atoms with Crippen molar-refractivity contribution >= 4 is 15.8 Å². The van der Waals surface area contributed by atoms with Crippen LogP contribution in [0.2, 0.25) is 10.4 Å². The third-order valence-corrected chi connectivity index (χ3v) is 3.99. The van der Waals surface area contributed by atoms with Crippen LogP contribution in [-0.4, -0.2) is 39.2 Å². The third kappa shape index (κ3) is 8.48. The zero-order valence-corrected chi connectivity index (χ0v) is 7.74. The average molecular weight is 194 g/mol. The summed E-state index contributed by atoms with van der Waals surface area (Å²) in [5.74, 6) is 0. The van der Waals surface area contributed by atoms with Crippen molar-refractivity contribution in [3.63, 3.8) is 0 Å². The van der Waals surface area contributed by atoms with Crippen LogP contribution in [0, 0.1) is 0 Å². The van der Waals surface area contributed by atoms with E-state index in [-0.39, 0.29) is 15.8 Å². The summed E-state index contributed by atoms with van der Waals surface area (Å²) in [4.78, 5) is 0.